The van der Waals surface area contributed by atoms with Crippen molar-refractivity contribution in [2.45, 2.75) is 12.8 Å². The molecule has 0 unspecified atom stereocenters. The van der Waals surface area contributed by atoms with Crippen LogP contribution < -0.4 is 0 Å². The van der Waals surface area contributed by atoms with Gasteiger partial charge in [0.15, 0.2) is 5.78 Å². The van der Waals surface area contributed by atoms with Gasteiger partial charge in [-0.1, -0.05) is 23.7 Å². The average Bonchev–Trinajstić information content (AvgIpc) is 2.14. The molecule has 14 heavy (non-hydrogen) atoms. The Morgan fingerprint density at radius 1 is 1.57 bits per heavy atom. The lowest BCUT2D eigenvalue weighted by Gasteiger charge is -2.03. The van der Waals surface area contributed by atoms with E-state index in [-0.39, 0.29) is 22.8 Å². The lowest BCUT2D eigenvalue weighted by atomic mass is 10.1. The Labute approximate surface area is 87.2 Å². The molecule has 0 aliphatic rings. The zero-order chi connectivity index (χ0) is 10.6. The Kier molecular flexibility index (Phi) is 3.84. The Bertz CT molecular complexity index is 340. The van der Waals surface area contributed by atoms with Crippen LogP contribution >= 0.6 is 11.6 Å². The minimum absolute atomic E-state index is 0.0176. The number of carbonyl (C=O) groups excluding carboxylic acids is 1. The summed E-state index contributed by atoms with van der Waals surface area (Å²) in [6.45, 7) is 3.49. The smallest absolute Gasteiger partial charge is 0.167 e. The molecule has 1 aromatic rings. The van der Waals surface area contributed by atoms with E-state index >= 15 is 0 Å². The highest BCUT2D eigenvalue weighted by atomic mass is 35.5. The minimum Gasteiger partial charge on any atom is -0.294 e. The lowest BCUT2D eigenvalue weighted by molar-refractivity contribution is 0.0980. The number of ketones is 1. The van der Waals surface area contributed by atoms with E-state index in [1.807, 2.05) is 0 Å². The van der Waals surface area contributed by atoms with Gasteiger partial charge in [-0.3, -0.25) is 4.79 Å². The van der Waals surface area contributed by atoms with Crippen LogP contribution in [0.4, 0.5) is 4.39 Å². The number of benzene rings is 1. The summed E-state index contributed by atoms with van der Waals surface area (Å²) in [6.07, 6.45) is 2.39. The Morgan fingerprint density at radius 3 is 2.86 bits per heavy atom. The first-order chi connectivity index (χ1) is 6.66. The van der Waals surface area contributed by atoms with Crippen LogP contribution in [0.3, 0.4) is 0 Å². The van der Waals surface area contributed by atoms with E-state index in [1.165, 1.54) is 18.2 Å². The predicted octanol–water partition coefficient (Wildman–Crippen LogP) is 3.63. The fourth-order valence-electron chi connectivity index (χ4n) is 1.12. The second kappa shape index (κ2) is 4.91. The minimum atomic E-state index is -0.563. The number of Topliss-reactive ketones (excluding diaryl/α,β-unsaturated/α-hetero) is 1. The molecule has 1 aromatic carbocycles. The molecular weight excluding hydrogens is 203 g/mol. The van der Waals surface area contributed by atoms with E-state index in [9.17, 15) is 9.18 Å². The molecule has 0 aliphatic carbocycles. The zero-order valence-electron chi connectivity index (χ0n) is 7.59. The third-order valence-corrected chi connectivity index (χ3v) is 2.13. The van der Waals surface area contributed by atoms with Crippen LogP contribution in [0.2, 0.25) is 5.02 Å². The van der Waals surface area contributed by atoms with Gasteiger partial charge in [0.1, 0.15) is 5.82 Å². The van der Waals surface area contributed by atoms with Gasteiger partial charge < -0.3 is 0 Å². The maximum Gasteiger partial charge on any atom is 0.167 e. The summed E-state index contributed by atoms with van der Waals surface area (Å²) < 4.78 is 13.2. The van der Waals surface area contributed by atoms with Gasteiger partial charge in [-0.05, 0) is 18.6 Å². The van der Waals surface area contributed by atoms with Gasteiger partial charge in [0.05, 0.1) is 10.6 Å². The number of carbonyl (C=O) groups is 1. The maximum absolute atomic E-state index is 13.2. The summed E-state index contributed by atoms with van der Waals surface area (Å²) in [7, 11) is 0. The summed E-state index contributed by atoms with van der Waals surface area (Å²) in [5, 5.41) is 0.166. The van der Waals surface area contributed by atoms with Crippen LogP contribution in [0, 0.1) is 5.82 Å². The second-order valence-electron chi connectivity index (χ2n) is 2.85. The van der Waals surface area contributed by atoms with E-state index in [0.29, 0.717) is 6.42 Å². The van der Waals surface area contributed by atoms with E-state index in [2.05, 4.69) is 6.58 Å². The first-order valence-corrected chi connectivity index (χ1v) is 4.62. The molecule has 0 N–H and O–H groups in total. The van der Waals surface area contributed by atoms with Gasteiger partial charge in [0.2, 0.25) is 0 Å². The normalized spacial score (nSPS) is 9.86. The molecule has 0 spiro atoms. The first kappa shape index (κ1) is 10.9. The number of hydrogen-bond acceptors (Lipinski definition) is 1. The van der Waals surface area contributed by atoms with Gasteiger partial charge >= 0.3 is 0 Å². The lowest BCUT2D eigenvalue weighted by Crippen LogP contribution is -2.02. The Hall–Kier alpha value is -1.15. The molecule has 0 bridgehead atoms. The SMILES string of the molecule is C=CCCC(=O)c1c(F)cccc1Cl. The molecule has 0 fully saturated rings. The van der Waals surface area contributed by atoms with Crippen LogP contribution in [0.1, 0.15) is 23.2 Å². The molecule has 0 atom stereocenters. The van der Waals surface area contributed by atoms with Crippen molar-refractivity contribution in [3.05, 3.63) is 47.3 Å². The van der Waals surface area contributed by atoms with Crippen molar-refractivity contribution in [2.24, 2.45) is 0 Å². The first-order valence-electron chi connectivity index (χ1n) is 4.25. The number of hydrogen-bond donors (Lipinski definition) is 0. The Balaban J connectivity index is 2.94. The number of allylic oxidation sites excluding steroid dienone is 1. The van der Waals surface area contributed by atoms with Gasteiger partial charge in [-0.15, -0.1) is 6.58 Å². The van der Waals surface area contributed by atoms with Crippen molar-refractivity contribution < 1.29 is 9.18 Å². The van der Waals surface area contributed by atoms with Crippen molar-refractivity contribution in [1.82, 2.24) is 0 Å². The standard InChI is InChI=1S/C11H10ClFO/c1-2-3-7-10(14)11-8(12)5-4-6-9(11)13/h2,4-6H,1,3,7H2. The van der Waals surface area contributed by atoms with Gasteiger partial charge in [-0.2, -0.15) is 0 Å². The molecule has 0 saturated carbocycles. The molecule has 1 nitrogen and oxygen atoms in total. The van der Waals surface area contributed by atoms with Crippen molar-refractivity contribution in [1.29, 1.82) is 0 Å². The Morgan fingerprint density at radius 2 is 2.29 bits per heavy atom. The molecule has 0 aromatic heterocycles. The van der Waals surface area contributed by atoms with Crippen LogP contribution in [0.15, 0.2) is 30.9 Å². The number of rotatable bonds is 4. The average molecular weight is 213 g/mol. The molecule has 0 saturated heterocycles. The summed E-state index contributed by atoms with van der Waals surface area (Å²) >= 11 is 5.72. The molecule has 0 amide bonds. The van der Waals surface area contributed by atoms with E-state index in [4.69, 9.17) is 11.6 Å². The van der Waals surface area contributed by atoms with E-state index in [0.717, 1.165) is 0 Å². The number of halogens is 2. The summed E-state index contributed by atoms with van der Waals surface area (Å²) in [6, 6.07) is 4.21. The molecule has 0 aliphatic heterocycles. The van der Waals surface area contributed by atoms with Crippen molar-refractivity contribution in [2.75, 3.05) is 0 Å². The molecule has 74 valence electrons. The van der Waals surface area contributed by atoms with Crippen molar-refractivity contribution in [3.63, 3.8) is 0 Å². The monoisotopic (exact) mass is 212 g/mol. The highest BCUT2D eigenvalue weighted by molar-refractivity contribution is 6.34. The molecule has 1 rings (SSSR count). The predicted molar refractivity (Wildman–Crippen MR) is 55.2 cm³/mol. The maximum atomic E-state index is 13.2. The summed E-state index contributed by atoms with van der Waals surface area (Å²) in [4.78, 5) is 11.5. The largest absolute Gasteiger partial charge is 0.294 e. The van der Waals surface area contributed by atoms with Gasteiger partial charge in [-0.25, -0.2) is 4.39 Å². The van der Waals surface area contributed by atoms with Crippen molar-refractivity contribution >= 4 is 17.4 Å². The summed E-state index contributed by atoms with van der Waals surface area (Å²) in [5.74, 6) is -0.848. The molecular formula is C11H10ClFO. The quantitative estimate of drug-likeness (QED) is 0.550. The third kappa shape index (κ3) is 2.42. The zero-order valence-corrected chi connectivity index (χ0v) is 8.35. The molecule has 0 radical (unpaired) electrons. The molecule has 3 heteroatoms. The second-order valence-corrected chi connectivity index (χ2v) is 3.25. The van der Waals surface area contributed by atoms with Crippen LogP contribution in [0.5, 0.6) is 0 Å². The van der Waals surface area contributed by atoms with E-state index in [1.54, 1.807) is 6.08 Å². The summed E-state index contributed by atoms with van der Waals surface area (Å²) in [5.41, 5.74) is -0.0176. The van der Waals surface area contributed by atoms with Crippen LogP contribution in [-0.4, -0.2) is 5.78 Å². The third-order valence-electron chi connectivity index (χ3n) is 1.82. The molecule has 0 heterocycles. The van der Waals surface area contributed by atoms with Crippen molar-refractivity contribution in [3.8, 4) is 0 Å². The highest BCUT2D eigenvalue weighted by Gasteiger charge is 2.14. The topological polar surface area (TPSA) is 17.1 Å². The highest BCUT2D eigenvalue weighted by Crippen LogP contribution is 2.20. The van der Waals surface area contributed by atoms with Gasteiger partial charge in [0.25, 0.3) is 0 Å². The van der Waals surface area contributed by atoms with Gasteiger partial charge in [0, 0.05) is 6.42 Å². The fourth-order valence-corrected chi connectivity index (χ4v) is 1.39. The van der Waals surface area contributed by atoms with Crippen LogP contribution in [-0.2, 0) is 0 Å². The van der Waals surface area contributed by atoms with E-state index < -0.39 is 5.82 Å². The van der Waals surface area contributed by atoms with Crippen LogP contribution in [0.25, 0.3) is 0 Å². The fraction of sp³-hybridized carbons (Fsp3) is 0.182.